The number of hydrogen-bond acceptors (Lipinski definition) is 18. The summed E-state index contributed by atoms with van der Waals surface area (Å²) in [6.45, 7) is 17.8. The van der Waals surface area contributed by atoms with Crippen molar-refractivity contribution in [2.24, 2.45) is 55.5 Å². The molecule has 0 bridgehead atoms. The van der Waals surface area contributed by atoms with Crippen molar-refractivity contribution in [3.05, 3.63) is 85.1 Å². The average molecular weight is 1090 g/mol. The van der Waals surface area contributed by atoms with E-state index >= 15 is 0 Å². The van der Waals surface area contributed by atoms with Crippen LogP contribution in [0, 0.1) is 75.7 Å². The maximum absolute atomic E-state index is 14.7. The van der Waals surface area contributed by atoms with E-state index in [1.165, 1.54) is 10.6 Å². The van der Waals surface area contributed by atoms with Crippen molar-refractivity contribution < 1.29 is 63.9 Å². The first-order valence-electron chi connectivity index (χ1n) is 27.8. The van der Waals surface area contributed by atoms with Crippen LogP contribution >= 0.6 is 0 Å². The zero-order valence-electron chi connectivity index (χ0n) is 46.0. The van der Waals surface area contributed by atoms with Gasteiger partial charge < -0.3 is 45.2 Å². The third-order valence-electron chi connectivity index (χ3n) is 20.5. The van der Waals surface area contributed by atoms with E-state index in [2.05, 4.69) is 70.0 Å². The lowest BCUT2D eigenvalue weighted by atomic mass is 9.33. The number of carbonyl (C=O) groups excluding carboxylic acids is 2. The van der Waals surface area contributed by atoms with Gasteiger partial charge in [-0.05, 0) is 109 Å². The number of nitrogens with zero attached hydrogens (tertiary/aromatic N) is 6. The van der Waals surface area contributed by atoms with Gasteiger partial charge >= 0.3 is 17.6 Å². The van der Waals surface area contributed by atoms with E-state index in [0.717, 1.165) is 62.6 Å². The van der Waals surface area contributed by atoms with E-state index in [-0.39, 0.29) is 63.0 Å². The maximum Gasteiger partial charge on any atom is 0.321 e. The third kappa shape index (κ3) is 10.2. The number of rotatable bonds is 15. The van der Waals surface area contributed by atoms with Crippen LogP contribution in [0.1, 0.15) is 125 Å². The van der Waals surface area contributed by atoms with Crippen molar-refractivity contribution >= 4 is 29.0 Å². The van der Waals surface area contributed by atoms with Gasteiger partial charge in [0.15, 0.2) is 0 Å². The van der Waals surface area contributed by atoms with Gasteiger partial charge in [0, 0.05) is 37.7 Å². The molecular weight excluding hydrogens is 1010 g/mol. The lowest BCUT2D eigenvalue weighted by molar-refractivity contribution is -0.709. The van der Waals surface area contributed by atoms with Gasteiger partial charge in [-0.2, -0.15) is 0 Å². The normalized spacial score (nSPS) is 36.3. The second-order valence-electron chi connectivity index (χ2n) is 25.5. The first-order valence-corrected chi connectivity index (χ1v) is 27.8. The van der Waals surface area contributed by atoms with Crippen LogP contribution in [0.25, 0.3) is 0 Å². The molecule has 9 rings (SSSR count). The Kier molecular flexibility index (Phi) is 15.8. The molecule has 6 fully saturated rings. The van der Waals surface area contributed by atoms with Crippen LogP contribution in [0.3, 0.4) is 0 Å². The van der Waals surface area contributed by atoms with Gasteiger partial charge in [0.1, 0.15) is 42.3 Å². The second-order valence-corrected chi connectivity index (χ2v) is 25.5. The van der Waals surface area contributed by atoms with Gasteiger partial charge in [0.25, 0.3) is 5.69 Å². The summed E-state index contributed by atoms with van der Waals surface area (Å²) in [6.07, 6.45) is 1.66. The third-order valence-corrected chi connectivity index (χ3v) is 20.5. The highest BCUT2D eigenvalue weighted by Crippen LogP contribution is 2.76. The van der Waals surface area contributed by atoms with Crippen molar-refractivity contribution in [1.82, 2.24) is 9.91 Å². The number of fused-ring (bicyclic) bond motifs is 7. The van der Waals surface area contributed by atoms with Crippen molar-refractivity contribution in [2.45, 2.75) is 162 Å². The Morgan fingerprint density at radius 2 is 1.51 bits per heavy atom. The lowest BCUT2D eigenvalue weighted by Gasteiger charge is -2.71. The molecule has 428 valence electrons. The molecule has 5 N–H and O–H groups in total. The fourth-order valence-corrected chi connectivity index (χ4v) is 15.8. The molecule has 13 atom stereocenters. The predicted octanol–water partition coefficient (Wildman–Crippen LogP) is 7.35. The van der Waals surface area contributed by atoms with Crippen LogP contribution in [0.15, 0.2) is 59.4 Å². The van der Waals surface area contributed by atoms with Crippen LogP contribution in [0.4, 0.5) is 17.1 Å². The topological polar surface area (TPSA) is 295 Å². The summed E-state index contributed by atoms with van der Waals surface area (Å²) < 4.78 is 18.0. The van der Waals surface area contributed by atoms with Gasteiger partial charge in [-0.25, -0.2) is 0 Å². The Morgan fingerprint density at radius 3 is 2.19 bits per heavy atom. The Morgan fingerprint density at radius 1 is 0.821 bits per heavy atom. The number of nitro benzene ring substituents is 2. The smallest absolute Gasteiger partial charge is 0.321 e. The van der Waals surface area contributed by atoms with Gasteiger partial charge in [-0.1, -0.05) is 90.4 Å². The number of nitrogens with one attached hydrogen (secondary N) is 1. The van der Waals surface area contributed by atoms with E-state index in [1.807, 2.05) is 30.3 Å². The zero-order valence-corrected chi connectivity index (χ0v) is 46.0. The first kappa shape index (κ1) is 57.2. The molecule has 2 heterocycles. The summed E-state index contributed by atoms with van der Waals surface area (Å²) in [5, 5.41) is 86.7. The van der Waals surface area contributed by atoms with Crippen LogP contribution in [0.5, 0.6) is 5.75 Å². The highest BCUT2D eigenvalue weighted by Gasteiger charge is 2.70. The quantitative estimate of drug-likeness (QED) is 0.0291. The van der Waals surface area contributed by atoms with Crippen molar-refractivity contribution in [1.29, 1.82) is 0 Å². The Labute approximate surface area is 454 Å². The number of piperazine rings is 1. The number of aliphatic hydroxyl groups excluding tert-OH is 4. The van der Waals surface area contributed by atoms with Crippen molar-refractivity contribution in [3.8, 4) is 5.75 Å². The predicted molar refractivity (Wildman–Crippen MR) is 282 cm³/mol. The summed E-state index contributed by atoms with van der Waals surface area (Å²) in [6, 6.07) is 11.7. The van der Waals surface area contributed by atoms with E-state index in [0.29, 0.717) is 52.0 Å². The summed E-state index contributed by atoms with van der Waals surface area (Å²) in [4.78, 5) is 58.7. The molecule has 4 saturated carbocycles. The van der Waals surface area contributed by atoms with E-state index in [4.69, 9.17) is 19.0 Å². The average Bonchev–Trinajstić information content (AvgIpc) is 3.59. The van der Waals surface area contributed by atoms with E-state index in [9.17, 15) is 55.5 Å². The largest absolute Gasteiger partial charge is 0.569 e. The number of carbonyl (C=O) groups is 2. The fourth-order valence-electron chi connectivity index (χ4n) is 15.8. The van der Waals surface area contributed by atoms with Crippen LogP contribution < -0.4 is 10.2 Å². The monoisotopic (exact) mass is 1090 g/mol. The number of anilines is 1. The fraction of sp³-hybridized carbons (Fsp3) is 0.714. The van der Waals surface area contributed by atoms with E-state index < -0.39 is 93.2 Å². The maximum atomic E-state index is 14.7. The molecule has 2 aromatic carbocycles. The minimum atomic E-state index is -1.69. The molecule has 2 saturated heterocycles. The lowest BCUT2D eigenvalue weighted by Crippen LogP contribution is -2.65. The first-order chi connectivity index (χ1) is 36.8. The molecule has 2 aromatic rings. The van der Waals surface area contributed by atoms with E-state index in [1.54, 1.807) is 0 Å². The number of benzene rings is 2. The molecule has 22 heteroatoms. The van der Waals surface area contributed by atoms with Crippen LogP contribution in [0.2, 0.25) is 0 Å². The molecular formula is C56H79N7O15. The Balaban J connectivity index is 0.850. The molecule has 22 nitrogen and oxygen atoms in total. The summed E-state index contributed by atoms with van der Waals surface area (Å²) in [5.74, 6) is -1.17. The number of hydrazine groups is 1. The summed E-state index contributed by atoms with van der Waals surface area (Å²) >= 11 is 0. The number of nitro groups is 2. The van der Waals surface area contributed by atoms with Crippen LogP contribution in [-0.4, -0.2) is 133 Å². The molecule has 0 unspecified atom stereocenters. The Bertz CT molecular complexity index is 2660. The molecule has 2 aliphatic heterocycles. The second kappa shape index (κ2) is 21.5. The molecule has 0 spiro atoms. The molecule has 0 amide bonds. The van der Waals surface area contributed by atoms with Crippen molar-refractivity contribution in [3.63, 3.8) is 0 Å². The van der Waals surface area contributed by atoms with Gasteiger partial charge in [-0.15, -0.1) is 5.01 Å². The Hall–Kier alpha value is -5.52. The van der Waals surface area contributed by atoms with Crippen LogP contribution in [-0.2, 0) is 30.3 Å². The number of aliphatic hydroxyl groups is 4. The highest BCUT2D eigenvalue weighted by atomic mass is 16.7. The molecule has 7 aliphatic rings. The van der Waals surface area contributed by atoms with Gasteiger partial charge in [-0.3, -0.25) is 39.6 Å². The SMILES string of the molecule is CC1(C)CC[C@]2(C(=O)O[C@@H]3O[C@H](CO)[C@H](O)[C@H](O)[C@H]3O)CC[C@]3(C)C(=CC[C@@H]4[C@@]5(C)CC[C@H](OC(=O)CCNc6cc(O/N=[N+](/[O-])N7CCN(Cc8ccccc8)CC7)c([N+](=O)[O-])cc6[N+](=O)[O-])C(C)(C)[C@@H]5CC[C@]43C)[C@@H]2C1. The molecule has 0 aromatic heterocycles. The van der Waals surface area contributed by atoms with Gasteiger partial charge in [0.05, 0.1) is 46.3 Å². The molecule has 5 aliphatic carbocycles. The highest BCUT2D eigenvalue weighted by molar-refractivity contribution is 5.79. The van der Waals surface area contributed by atoms with Gasteiger partial charge in [0.2, 0.25) is 17.3 Å². The summed E-state index contributed by atoms with van der Waals surface area (Å²) in [7, 11) is 0. The van der Waals surface area contributed by atoms with Crippen molar-refractivity contribution in [2.75, 3.05) is 44.6 Å². The number of hydrogen-bond donors (Lipinski definition) is 5. The number of allylic oxidation sites excluding steroid dienone is 2. The molecule has 78 heavy (non-hydrogen) atoms. The minimum absolute atomic E-state index is 0.0615. The number of esters is 2. The zero-order chi connectivity index (χ0) is 56.3. The number of ether oxygens (including phenoxy) is 3. The minimum Gasteiger partial charge on any atom is -0.569 e. The summed E-state index contributed by atoms with van der Waals surface area (Å²) in [5.41, 5.74) is -1.06. The standard InChI is InChI=1S/C56H79N7O15/c1-51(2)20-22-56(50(69)77-49-48(68)47(67)46(66)41(33-64)75-49)23-21-54(6)35(36(56)31-51)13-14-43-53(5)18-16-44(52(3,4)42(53)15-19-55(43,54)7)76-45(65)17-24-57-37-29-40(39(62(72)73)30-38(37)61(70)71)78-58-63(74)60-27-25-59(26-28-60)32-34-11-9-8-10-12-34/h8-13,29-30,36,41-44,46-49,57,64,66-68H,14-28,31-33H2,1-7H3/b63-58+/t36-,41+,42-,43+,44-,46-,47-,48+,49-,53-,54+,55+,56-/m0/s1. The molecule has 0 radical (unpaired) electrons.